The van der Waals surface area contributed by atoms with Crippen LogP contribution in [0.1, 0.15) is 18.1 Å². The highest BCUT2D eigenvalue weighted by molar-refractivity contribution is 5.91. The molecule has 24 heavy (non-hydrogen) atoms. The van der Waals surface area contributed by atoms with Gasteiger partial charge in [-0.1, -0.05) is 43.3 Å². The van der Waals surface area contributed by atoms with E-state index in [1.54, 1.807) is 0 Å². The average molecular weight is 321 g/mol. The van der Waals surface area contributed by atoms with Crippen LogP contribution in [0.3, 0.4) is 0 Å². The summed E-state index contributed by atoms with van der Waals surface area (Å²) in [6.07, 6.45) is 2.74. The molecule has 2 aromatic carbocycles. The Morgan fingerprint density at radius 1 is 1.12 bits per heavy atom. The molecular weight excluding hydrogens is 302 g/mol. The second kappa shape index (κ2) is 7.08. The summed E-state index contributed by atoms with van der Waals surface area (Å²) in [6.45, 7) is 2.08. The van der Waals surface area contributed by atoms with Gasteiger partial charge >= 0.3 is 5.97 Å². The van der Waals surface area contributed by atoms with Crippen LogP contribution in [-0.2, 0) is 17.6 Å². The van der Waals surface area contributed by atoms with E-state index in [1.165, 1.54) is 6.33 Å². The Balaban J connectivity index is 1.92. The molecule has 5 nitrogen and oxygen atoms in total. The minimum Gasteiger partial charge on any atom is -0.480 e. The summed E-state index contributed by atoms with van der Waals surface area (Å²) in [5.74, 6) is -0.351. The van der Waals surface area contributed by atoms with Crippen LogP contribution in [0.2, 0.25) is 0 Å². The lowest BCUT2D eigenvalue weighted by atomic mass is 10.1. The second-order valence-electron chi connectivity index (χ2n) is 5.65. The van der Waals surface area contributed by atoms with Crippen LogP contribution in [-0.4, -0.2) is 27.1 Å². The summed E-state index contributed by atoms with van der Waals surface area (Å²) in [5, 5.41) is 13.5. The molecule has 0 saturated heterocycles. The molecule has 0 spiro atoms. The summed E-state index contributed by atoms with van der Waals surface area (Å²) in [5.41, 5.74) is 2.92. The number of fused-ring (bicyclic) bond motifs is 1. The number of aryl methyl sites for hydroxylation is 1. The van der Waals surface area contributed by atoms with E-state index >= 15 is 0 Å². The number of aromatic nitrogens is 2. The monoisotopic (exact) mass is 321 g/mol. The fourth-order valence-electron chi connectivity index (χ4n) is 2.65. The molecule has 2 N–H and O–H groups in total. The van der Waals surface area contributed by atoms with Crippen molar-refractivity contribution in [1.82, 2.24) is 9.97 Å². The average Bonchev–Trinajstić information content (AvgIpc) is 2.61. The fraction of sp³-hybridized carbons (Fsp3) is 0.211. The van der Waals surface area contributed by atoms with Gasteiger partial charge in [0, 0.05) is 11.8 Å². The molecule has 0 aliphatic heterocycles. The van der Waals surface area contributed by atoms with Crippen LogP contribution in [0.25, 0.3) is 10.9 Å². The minimum absolute atomic E-state index is 0.384. The van der Waals surface area contributed by atoms with Gasteiger partial charge in [-0.2, -0.15) is 0 Å². The molecule has 3 rings (SSSR count). The Bertz CT molecular complexity index is 850. The highest BCUT2D eigenvalue weighted by Gasteiger charge is 2.19. The number of carboxylic acids is 1. The van der Waals surface area contributed by atoms with Crippen molar-refractivity contribution >= 4 is 22.7 Å². The molecule has 1 heterocycles. The normalized spacial score (nSPS) is 12.0. The van der Waals surface area contributed by atoms with Gasteiger partial charge in [-0.05, 0) is 29.7 Å². The minimum atomic E-state index is -0.905. The predicted octanol–water partition coefficient (Wildman–Crippen LogP) is 3.30. The highest BCUT2D eigenvalue weighted by atomic mass is 16.4. The Hall–Kier alpha value is -2.95. The summed E-state index contributed by atoms with van der Waals surface area (Å²) in [4.78, 5) is 20.2. The molecule has 0 saturated carbocycles. The van der Waals surface area contributed by atoms with E-state index in [0.717, 1.165) is 28.5 Å². The number of rotatable bonds is 6. The summed E-state index contributed by atoms with van der Waals surface area (Å²) in [6, 6.07) is 14.8. The number of hydrogen-bond donors (Lipinski definition) is 2. The fourth-order valence-corrected chi connectivity index (χ4v) is 2.65. The van der Waals surface area contributed by atoms with Gasteiger partial charge in [0.05, 0.1) is 5.52 Å². The van der Waals surface area contributed by atoms with Crippen LogP contribution in [0.15, 0.2) is 54.9 Å². The highest BCUT2D eigenvalue weighted by Crippen LogP contribution is 2.22. The molecule has 0 bridgehead atoms. The van der Waals surface area contributed by atoms with Crippen molar-refractivity contribution < 1.29 is 9.90 Å². The number of aliphatic carboxylic acids is 1. The first-order valence-electron chi connectivity index (χ1n) is 7.94. The van der Waals surface area contributed by atoms with Crippen molar-refractivity contribution in [3.63, 3.8) is 0 Å². The van der Waals surface area contributed by atoms with E-state index < -0.39 is 12.0 Å². The molecule has 3 aromatic rings. The smallest absolute Gasteiger partial charge is 0.326 e. The van der Waals surface area contributed by atoms with E-state index in [2.05, 4.69) is 22.2 Å². The van der Waals surface area contributed by atoms with Gasteiger partial charge in [-0.25, -0.2) is 14.8 Å². The van der Waals surface area contributed by atoms with Gasteiger partial charge in [0.2, 0.25) is 0 Å². The van der Waals surface area contributed by atoms with Crippen LogP contribution >= 0.6 is 0 Å². The number of carbonyl (C=O) groups is 1. The van der Waals surface area contributed by atoms with Crippen molar-refractivity contribution in [2.75, 3.05) is 5.32 Å². The van der Waals surface area contributed by atoms with Crippen molar-refractivity contribution in [3.8, 4) is 0 Å². The molecular formula is C19H19N3O2. The van der Waals surface area contributed by atoms with Gasteiger partial charge in [0.15, 0.2) is 0 Å². The number of carboxylic acid groups (broad SMARTS) is 1. The van der Waals surface area contributed by atoms with Crippen LogP contribution in [0.5, 0.6) is 0 Å². The van der Waals surface area contributed by atoms with E-state index in [0.29, 0.717) is 12.2 Å². The van der Waals surface area contributed by atoms with E-state index in [1.807, 2.05) is 48.5 Å². The maximum absolute atomic E-state index is 11.7. The molecule has 0 radical (unpaired) electrons. The second-order valence-corrected chi connectivity index (χ2v) is 5.65. The summed E-state index contributed by atoms with van der Waals surface area (Å²) in [7, 11) is 0. The van der Waals surface area contributed by atoms with E-state index in [9.17, 15) is 9.90 Å². The largest absolute Gasteiger partial charge is 0.480 e. The number of hydrogen-bond acceptors (Lipinski definition) is 4. The van der Waals surface area contributed by atoms with Gasteiger partial charge in [-0.15, -0.1) is 0 Å². The lowest BCUT2D eigenvalue weighted by molar-refractivity contribution is -0.137. The van der Waals surface area contributed by atoms with Gasteiger partial charge in [0.1, 0.15) is 18.2 Å². The van der Waals surface area contributed by atoms with Crippen molar-refractivity contribution in [1.29, 1.82) is 0 Å². The third-order valence-corrected chi connectivity index (χ3v) is 4.00. The molecule has 1 unspecified atom stereocenters. The van der Waals surface area contributed by atoms with Crippen LogP contribution < -0.4 is 5.32 Å². The standard InChI is InChI=1S/C19H19N3O2/c1-2-13-8-9-16-15(10-13)18(21-12-20-16)22-17(19(23)24)11-14-6-4-3-5-7-14/h3-10,12,17H,2,11H2,1H3,(H,23,24)(H,20,21,22). The molecule has 0 aliphatic carbocycles. The van der Waals surface area contributed by atoms with Gasteiger partial charge < -0.3 is 10.4 Å². The van der Waals surface area contributed by atoms with Crippen molar-refractivity contribution in [2.45, 2.75) is 25.8 Å². The third-order valence-electron chi connectivity index (χ3n) is 4.00. The number of benzene rings is 2. The zero-order chi connectivity index (χ0) is 16.9. The quantitative estimate of drug-likeness (QED) is 0.728. The first kappa shape index (κ1) is 15.9. The summed E-state index contributed by atoms with van der Waals surface area (Å²) < 4.78 is 0. The maximum atomic E-state index is 11.7. The van der Waals surface area contributed by atoms with Crippen LogP contribution in [0.4, 0.5) is 5.82 Å². The zero-order valence-corrected chi connectivity index (χ0v) is 13.4. The maximum Gasteiger partial charge on any atom is 0.326 e. The van der Waals surface area contributed by atoms with E-state index in [-0.39, 0.29) is 0 Å². The first-order valence-corrected chi connectivity index (χ1v) is 7.94. The molecule has 1 aromatic heterocycles. The Morgan fingerprint density at radius 3 is 2.62 bits per heavy atom. The zero-order valence-electron chi connectivity index (χ0n) is 13.4. The van der Waals surface area contributed by atoms with Crippen molar-refractivity contribution in [3.05, 3.63) is 66.0 Å². The first-order chi connectivity index (χ1) is 11.7. The lowest BCUT2D eigenvalue weighted by Gasteiger charge is -2.16. The summed E-state index contributed by atoms with van der Waals surface area (Å²) >= 11 is 0. The Morgan fingerprint density at radius 2 is 1.92 bits per heavy atom. The van der Waals surface area contributed by atoms with Gasteiger partial charge in [-0.3, -0.25) is 0 Å². The number of nitrogens with one attached hydrogen (secondary N) is 1. The molecule has 122 valence electrons. The lowest BCUT2D eigenvalue weighted by Crippen LogP contribution is -2.32. The predicted molar refractivity (Wildman–Crippen MR) is 94.1 cm³/mol. The van der Waals surface area contributed by atoms with Crippen molar-refractivity contribution in [2.24, 2.45) is 0 Å². The van der Waals surface area contributed by atoms with Gasteiger partial charge in [0.25, 0.3) is 0 Å². The molecule has 0 fully saturated rings. The SMILES string of the molecule is CCc1ccc2ncnc(NC(Cc3ccccc3)C(=O)O)c2c1. The van der Waals surface area contributed by atoms with Crippen LogP contribution in [0, 0.1) is 0 Å². The Labute approximate surface area is 140 Å². The third kappa shape index (κ3) is 3.51. The molecule has 0 amide bonds. The topological polar surface area (TPSA) is 75.1 Å². The molecule has 0 aliphatic rings. The van der Waals surface area contributed by atoms with E-state index in [4.69, 9.17) is 0 Å². The number of nitrogens with zero attached hydrogens (tertiary/aromatic N) is 2. The Kier molecular flexibility index (Phi) is 4.70. The molecule has 5 heteroatoms. The number of anilines is 1. The molecule has 1 atom stereocenters.